The molecule has 16 heavy (non-hydrogen) atoms. The van der Waals surface area contributed by atoms with Crippen molar-refractivity contribution in [2.75, 3.05) is 6.54 Å². The molecule has 0 aliphatic rings. The van der Waals surface area contributed by atoms with Crippen LogP contribution in [-0.4, -0.2) is 12.6 Å². The van der Waals surface area contributed by atoms with E-state index in [-0.39, 0.29) is 0 Å². The van der Waals surface area contributed by atoms with Crippen molar-refractivity contribution in [3.8, 4) is 0 Å². The normalized spacial score (nSPS) is 14.7. The second kappa shape index (κ2) is 7.25. The van der Waals surface area contributed by atoms with Crippen LogP contribution in [-0.2, 0) is 6.42 Å². The Hall–Kier alpha value is -0.120. The first-order chi connectivity index (χ1) is 7.63. The summed E-state index contributed by atoms with van der Waals surface area (Å²) in [5.41, 5.74) is 0. The fourth-order valence-corrected chi connectivity index (χ4v) is 3.06. The van der Waals surface area contributed by atoms with E-state index in [1.165, 1.54) is 8.66 Å². The highest BCUT2D eigenvalue weighted by Crippen LogP contribution is 2.22. The summed E-state index contributed by atoms with van der Waals surface area (Å²) < 4.78 is 1.22. The van der Waals surface area contributed by atoms with E-state index >= 15 is 0 Å². The molecule has 0 bridgehead atoms. The number of hydrogen-bond acceptors (Lipinski definition) is 2. The second-order valence-electron chi connectivity index (χ2n) is 4.20. The van der Waals surface area contributed by atoms with Crippen LogP contribution in [0.5, 0.6) is 0 Å². The van der Waals surface area contributed by atoms with Crippen molar-refractivity contribution in [3.05, 3.63) is 33.5 Å². The Morgan fingerprint density at radius 3 is 2.81 bits per heavy atom. The summed E-state index contributed by atoms with van der Waals surface area (Å²) in [6.45, 7) is 9.35. The van der Waals surface area contributed by atoms with Crippen LogP contribution >= 0.6 is 27.3 Å². The Bertz CT molecular complexity index is 321. The van der Waals surface area contributed by atoms with Crippen LogP contribution in [0.2, 0.25) is 0 Å². The minimum atomic E-state index is 0.557. The van der Waals surface area contributed by atoms with Gasteiger partial charge in [0.05, 0.1) is 3.79 Å². The zero-order valence-electron chi connectivity index (χ0n) is 10.0. The van der Waals surface area contributed by atoms with Crippen molar-refractivity contribution in [1.82, 2.24) is 5.32 Å². The molecule has 3 heteroatoms. The largest absolute Gasteiger partial charge is 0.314 e. The highest BCUT2D eigenvalue weighted by Gasteiger charge is 2.09. The molecule has 0 saturated heterocycles. The third-order valence-corrected chi connectivity index (χ3v) is 4.54. The van der Waals surface area contributed by atoms with Crippen molar-refractivity contribution in [2.24, 2.45) is 5.92 Å². The Labute approximate surface area is 111 Å². The van der Waals surface area contributed by atoms with Gasteiger partial charge < -0.3 is 5.32 Å². The monoisotopic (exact) mass is 301 g/mol. The molecule has 90 valence electrons. The van der Waals surface area contributed by atoms with Crippen molar-refractivity contribution in [2.45, 2.75) is 32.7 Å². The van der Waals surface area contributed by atoms with Crippen molar-refractivity contribution in [3.63, 3.8) is 0 Å². The number of hydrogen-bond donors (Lipinski definition) is 1. The molecule has 1 aromatic heterocycles. The molecule has 1 heterocycles. The van der Waals surface area contributed by atoms with Crippen LogP contribution < -0.4 is 5.32 Å². The summed E-state index contributed by atoms with van der Waals surface area (Å²) in [5.74, 6) is 0.660. The van der Waals surface area contributed by atoms with E-state index in [2.05, 4.69) is 53.8 Å². The molecular weight excluding hydrogens is 282 g/mol. The van der Waals surface area contributed by atoms with Gasteiger partial charge >= 0.3 is 0 Å². The summed E-state index contributed by atoms with van der Waals surface area (Å²) in [7, 11) is 0. The maximum absolute atomic E-state index is 3.78. The van der Waals surface area contributed by atoms with Gasteiger partial charge in [0, 0.05) is 17.5 Å². The number of halogens is 1. The first kappa shape index (κ1) is 13.9. The van der Waals surface area contributed by atoms with Crippen LogP contribution in [0.25, 0.3) is 0 Å². The van der Waals surface area contributed by atoms with Gasteiger partial charge in [-0.05, 0) is 53.7 Å². The van der Waals surface area contributed by atoms with E-state index in [9.17, 15) is 0 Å². The molecule has 0 aliphatic carbocycles. The minimum Gasteiger partial charge on any atom is -0.314 e. The number of allylic oxidation sites excluding steroid dienone is 1. The predicted molar refractivity (Wildman–Crippen MR) is 77.2 cm³/mol. The summed E-state index contributed by atoms with van der Waals surface area (Å²) >= 11 is 5.30. The third-order valence-electron chi connectivity index (χ3n) is 2.86. The van der Waals surface area contributed by atoms with Gasteiger partial charge in [-0.3, -0.25) is 0 Å². The van der Waals surface area contributed by atoms with Gasteiger partial charge in [0.15, 0.2) is 0 Å². The number of thiophene rings is 1. The Kier molecular flexibility index (Phi) is 6.32. The van der Waals surface area contributed by atoms with Gasteiger partial charge in [0.25, 0.3) is 0 Å². The highest BCUT2D eigenvalue weighted by atomic mass is 79.9. The van der Waals surface area contributed by atoms with Gasteiger partial charge in [0.2, 0.25) is 0 Å². The molecular formula is C13H20BrNS. The van der Waals surface area contributed by atoms with Gasteiger partial charge in [0.1, 0.15) is 0 Å². The third kappa shape index (κ3) is 4.81. The van der Waals surface area contributed by atoms with Crippen LogP contribution in [0.1, 0.15) is 25.1 Å². The Morgan fingerprint density at radius 1 is 1.50 bits per heavy atom. The van der Waals surface area contributed by atoms with Gasteiger partial charge in [-0.2, -0.15) is 0 Å². The molecule has 2 unspecified atom stereocenters. The van der Waals surface area contributed by atoms with Crippen LogP contribution in [0.15, 0.2) is 28.6 Å². The van der Waals surface area contributed by atoms with Crippen molar-refractivity contribution >= 4 is 27.3 Å². The molecule has 2 atom stereocenters. The van der Waals surface area contributed by atoms with E-state index < -0.39 is 0 Å². The van der Waals surface area contributed by atoms with Crippen LogP contribution in [0, 0.1) is 5.92 Å². The molecule has 1 aromatic rings. The topological polar surface area (TPSA) is 12.0 Å². The first-order valence-electron chi connectivity index (χ1n) is 5.72. The van der Waals surface area contributed by atoms with E-state index in [0.29, 0.717) is 12.0 Å². The van der Waals surface area contributed by atoms with E-state index in [1.54, 1.807) is 0 Å². The predicted octanol–water partition coefficient (Wildman–Crippen LogP) is 4.24. The number of nitrogens with one attached hydrogen (secondary N) is 1. The molecule has 0 fully saturated rings. The zero-order chi connectivity index (χ0) is 12.0. The molecule has 1 nitrogen and oxygen atoms in total. The lowest BCUT2D eigenvalue weighted by atomic mass is 10.00. The van der Waals surface area contributed by atoms with Gasteiger partial charge in [-0.1, -0.05) is 13.0 Å². The average Bonchev–Trinajstić information content (AvgIpc) is 2.64. The maximum atomic E-state index is 3.78. The Balaban J connectivity index is 2.22. The quantitative estimate of drug-likeness (QED) is 0.743. The van der Waals surface area contributed by atoms with Crippen LogP contribution in [0.4, 0.5) is 0 Å². The fraction of sp³-hybridized carbons (Fsp3) is 0.538. The summed E-state index contributed by atoms with van der Waals surface area (Å²) in [4.78, 5) is 1.43. The lowest BCUT2D eigenvalue weighted by Gasteiger charge is -2.19. The van der Waals surface area contributed by atoms with Crippen molar-refractivity contribution < 1.29 is 0 Å². The minimum absolute atomic E-state index is 0.557. The summed E-state index contributed by atoms with van der Waals surface area (Å²) in [6.07, 6.45) is 4.19. The Morgan fingerprint density at radius 2 is 2.25 bits per heavy atom. The molecule has 0 radical (unpaired) electrons. The molecule has 1 rings (SSSR count). The smallest absolute Gasteiger partial charge is 0.0701 e. The van der Waals surface area contributed by atoms with Gasteiger partial charge in [-0.25, -0.2) is 0 Å². The fourth-order valence-electron chi connectivity index (χ4n) is 1.58. The summed E-state index contributed by atoms with van der Waals surface area (Å²) in [6, 6.07) is 4.86. The lowest BCUT2D eigenvalue weighted by Crippen LogP contribution is -2.33. The average molecular weight is 302 g/mol. The first-order valence-corrected chi connectivity index (χ1v) is 7.33. The molecule has 0 aromatic carbocycles. The summed E-state index contributed by atoms with van der Waals surface area (Å²) in [5, 5.41) is 3.57. The van der Waals surface area contributed by atoms with Gasteiger partial charge in [-0.15, -0.1) is 17.9 Å². The van der Waals surface area contributed by atoms with E-state index in [1.807, 2.05) is 17.4 Å². The lowest BCUT2D eigenvalue weighted by molar-refractivity contribution is 0.406. The van der Waals surface area contributed by atoms with Crippen molar-refractivity contribution in [1.29, 1.82) is 0 Å². The number of rotatable bonds is 7. The van der Waals surface area contributed by atoms with Crippen LogP contribution in [0.3, 0.4) is 0 Å². The van der Waals surface area contributed by atoms with E-state index in [4.69, 9.17) is 0 Å². The zero-order valence-corrected chi connectivity index (χ0v) is 12.4. The second-order valence-corrected chi connectivity index (χ2v) is 6.75. The molecule has 0 spiro atoms. The van der Waals surface area contributed by atoms with E-state index in [0.717, 1.165) is 19.4 Å². The maximum Gasteiger partial charge on any atom is 0.0701 e. The standard InChI is InChI=1S/C13H20BrNS/c1-4-5-10(2)11(3)15-9-8-12-6-7-13(14)16-12/h4,6-7,10-11,15H,1,5,8-9H2,2-3H3. The SMILES string of the molecule is C=CCC(C)C(C)NCCc1ccc(Br)s1. The molecule has 0 aliphatic heterocycles. The molecule has 1 N–H and O–H groups in total. The molecule has 0 amide bonds. The highest BCUT2D eigenvalue weighted by molar-refractivity contribution is 9.11. The molecule has 0 saturated carbocycles.